The van der Waals surface area contributed by atoms with Crippen LogP contribution in [0.15, 0.2) is 36.4 Å². The fourth-order valence-corrected chi connectivity index (χ4v) is 1.77. The van der Waals surface area contributed by atoms with Crippen LogP contribution in [0, 0.1) is 11.6 Å². The molecular weight excluding hydrogens is 295 g/mol. The lowest BCUT2D eigenvalue weighted by atomic mass is 10.0. The first kappa shape index (κ1) is 15.0. The molecule has 0 spiro atoms. The number of carboxylic acid groups (broad SMARTS) is 1. The highest BCUT2D eigenvalue weighted by Gasteiger charge is 2.30. The van der Waals surface area contributed by atoms with Crippen LogP contribution < -0.4 is 0 Å². The van der Waals surface area contributed by atoms with Crippen molar-refractivity contribution < 1.29 is 31.9 Å². The van der Waals surface area contributed by atoms with Gasteiger partial charge >= 0.3 is 12.1 Å². The van der Waals surface area contributed by atoms with Gasteiger partial charge in [0.15, 0.2) is 0 Å². The van der Waals surface area contributed by atoms with Gasteiger partial charge in [-0.1, -0.05) is 12.1 Å². The Morgan fingerprint density at radius 3 is 2.00 bits per heavy atom. The molecule has 0 atom stereocenters. The maximum Gasteiger partial charge on any atom is 0.416 e. The molecule has 0 aliphatic rings. The number of alkyl halides is 3. The average Bonchev–Trinajstić information content (AvgIpc) is 2.40. The summed E-state index contributed by atoms with van der Waals surface area (Å²) < 4.78 is 64.5. The molecule has 0 amide bonds. The van der Waals surface area contributed by atoms with Gasteiger partial charge in [0.05, 0.1) is 11.1 Å². The van der Waals surface area contributed by atoms with Crippen molar-refractivity contribution >= 4 is 5.97 Å². The zero-order chi connectivity index (χ0) is 15.8. The zero-order valence-corrected chi connectivity index (χ0v) is 10.2. The fourth-order valence-electron chi connectivity index (χ4n) is 1.77. The molecule has 0 radical (unpaired) electrons. The Balaban J connectivity index is 2.48. The van der Waals surface area contributed by atoms with Crippen LogP contribution in [-0.2, 0) is 6.18 Å². The van der Waals surface area contributed by atoms with Gasteiger partial charge in [-0.3, -0.25) is 0 Å². The number of carboxylic acids is 1. The standard InChI is InChI=1S/C14H7F5O2/c15-11-6-10(13(20)21)12(16)5-9(11)7-1-3-8(4-2-7)14(17,18)19/h1-6H,(H,20,21). The molecule has 0 unspecified atom stereocenters. The molecule has 0 aromatic heterocycles. The molecule has 110 valence electrons. The molecular formula is C14H7F5O2. The second kappa shape index (κ2) is 5.16. The van der Waals surface area contributed by atoms with E-state index in [1.54, 1.807) is 0 Å². The normalized spacial score (nSPS) is 11.5. The lowest BCUT2D eigenvalue weighted by Crippen LogP contribution is -2.04. The molecule has 2 aromatic rings. The van der Waals surface area contributed by atoms with E-state index in [1.165, 1.54) is 0 Å². The zero-order valence-electron chi connectivity index (χ0n) is 10.2. The van der Waals surface area contributed by atoms with Crippen LogP contribution in [0.5, 0.6) is 0 Å². The first-order valence-electron chi connectivity index (χ1n) is 5.60. The molecule has 0 saturated heterocycles. The summed E-state index contributed by atoms with van der Waals surface area (Å²) in [4.78, 5) is 10.6. The number of carbonyl (C=O) groups is 1. The lowest BCUT2D eigenvalue weighted by molar-refractivity contribution is -0.137. The highest BCUT2D eigenvalue weighted by atomic mass is 19.4. The van der Waals surface area contributed by atoms with E-state index in [0.29, 0.717) is 12.1 Å². The Morgan fingerprint density at radius 1 is 0.952 bits per heavy atom. The topological polar surface area (TPSA) is 37.3 Å². The number of halogens is 5. The SMILES string of the molecule is O=C(O)c1cc(F)c(-c2ccc(C(F)(F)F)cc2)cc1F. The molecule has 1 N–H and O–H groups in total. The molecule has 0 saturated carbocycles. The van der Waals surface area contributed by atoms with E-state index in [2.05, 4.69) is 0 Å². The lowest BCUT2D eigenvalue weighted by Gasteiger charge is -2.09. The molecule has 21 heavy (non-hydrogen) atoms. The number of hydrogen-bond acceptors (Lipinski definition) is 1. The van der Waals surface area contributed by atoms with Crippen molar-refractivity contribution in [2.24, 2.45) is 0 Å². The van der Waals surface area contributed by atoms with E-state index in [-0.39, 0.29) is 11.1 Å². The number of aromatic carboxylic acids is 1. The van der Waals surface area contributed by atoms with Crippen LogP contribution in [0.4, 0.5) is 22.0 Å². The van der Waals surface area contributed by atoms with Gasteiger partial charge in [0, 0.05) is 5.56 Å². The van der Waals surface area contributed by atoms with Crippen molar-refractivity contribution in [2.45, 2.75) is 6.18 Å². The smallest absolute Gasteiger partial charge is 0.416 e. The van der Waals surface area contributed by atoms with Gasteiger partial charge in [0.25, 0.3) is 0 Å². The fraction of sp³-hybridized carbons (Fsp3) is 0.0714. The van der Waals surface area contributed by atoms with E-state index < -0.39 is 34.9 Å². The van der Waals surface area contributed by atoms with Gasteiger partial charge in [-0.05, 0) is 29.8 Å². The summed E-state index contributed by atoms with van der Waals surface area (Å²) in [6, 6.07) is 4.57. The molecule has 2 rings (SSSR count). The highest BCUT2D eigenvalue weighted by molar-refractivity contribution is 5.88. The summed E-state index contributed by atoms with van der Waals surface area (Å²) in [5, 5.41) is 8.65. The number of benzene rings is 2. The molecule has 0 heterocycles. The van der Waals surface area contributed by atoms with E-state index in [0.717, 1.165) is 24.3 Å². The largest absolute Gasteiger partial charge is 0.478 e. The van der Waals surface area contributed by atoms with Crippen molar-refractivity contribution in [3.63, 3.8) is 0 Å². The van der Waals surface area contributed by atoms with Crippen LogP contribution in [0.2, 0.25) is 0 Å². The molecule has 0 fully saturated rings. The van der Waals surface area contributed by atoms with Crippen molar-refractivity contribution in [1.29, 1.82) is 0 Å². The number of hydrogen-bond donors (Lipinski definition) is 1. The maximum absolute atomic E-state index is 13.8. The Hall–Kier alpha value is -2.44. The van der Waals surface area contributed by atoms with E-state index in [9.17, 15) is 26.7 Å². The Kier molecular flexibility index (Phi) is 3.67. The summed E-state index contributed by atoms with van der Waals surface area (Å²) in [6.45, 7) is 0. The maximum atomic E-state index is 13.8. The second-order valence-electron chi connectivity index (χ2n) is 4.19. The molecule has 0 aliphatic carbocycles. The summed E-state index contributed by atoms with van der Waals surface area (Å²) in [5.41, 5.74) is -2.07. The summed E-state index contributed by atoms with van der Waals surface area (Å²) in [6.07, 6.45) is -4.53. The third-order valence-corrected chi connectivity index (χ3v) is 2.81. The summed E-state index contributed by atoms with van der Waals surface area (Å²) in [5.74, 6) is -3.84. The van der Waals surface area contributed by atoms with Gasteiger partial charge in [0.1, 0.15) is 11.6 Å². The van der Waals surface area contributed by atoms with E-state index in [4.69, 9.17) is 5.11 Å². The van der Waals surface area contributed by atoms with Gasteiger partial charge in [-0.2, -0.15) is 13.2 Å². The van der Waals surface area contributed by atoms with Crippen LogP contribution >= 0.6 is 0 Å². The Morgan fingerprint density at radius 2 is 1.52 bits per heavy atom. The Labute approximate surface area is 115 Å². The van der Waals surface area contributed by atoms with Crippen molar-refractivity contribution in [1.82, 2.24) is 0 Å². The second-order valence-corrected chi connectivity index (χ2v) is 4.19. The predicted octanol–water partition coefficient (Wildman–Crippen LogP) is 4.35. The Bertz CT molecular complexity index is 690. The molecule has 2 nitrogen and oxygen atoms in total. The first-order valence-corrected chi connectivity index (χ1v) is 5.60. The summed E-state index contributed by atoms with van der Waals surface area (Å²) >= 11 is 0. The van der Waals surface area contributed by atoms with E-state index >= 15 is 0 Å². The number of rotatable bonds is 2. The summed E-state index contributed by atoms with van der Waals surface area (Å²) in [7, 11) is 0. The minimum atomic E-state index is -4.53. The van der Waals surface area contributed by atoms with Gasteiger partial charge in [-0.25, -0.2) is 13.6 Å². The average molecular weight is 302 g/mol. The third-order valence-electron chi connectivity index (χ3n) is 2.81. The minimum Gasteiger partial charge on any atom is -0.478 e. The monoisotopic (exact) mass is 302 g/mol. The van der Waals surface area contributed by atoms with Crippen LogP contribution in [-0.4, -0.2) is 11.1 Å². The van der Waals surface area contributed by atoms with Crippen LogP contribution in [0.1, 0.15) is 15.9 Å². The van der Waals surface area contributed by atoms with Crippen molar-refractivity contribution in [3.8, 4) is 11.1 Å². The van der Waals surface area contributed by atoms with Crippen LogP contribution in [0.25, 0.3) is 11.1 Å². The molecule has 0 bridgehead atoms. The van der Waals surface area contributed by atoms with E-state index in [1.807, 2.05) is 0 Å². The third kappa shape index (κ3) is 3.01. The highest BCUT2D eigenvalue weighted by Crippen LogP contribution is 2.32. The van der Waals surface area contributed by atoms with Crippen LogP contribution in [0.3, 0.4) is 0 Å². The molecule has 7 heteroatoms. The first-order chi connectivity index (χ1) is 9.70. The van der Waals surface area contributed by atoms with Gasteiger partial charge < -0.3 is 5.11 Å². The predicted molar refractivity (Wildman–Crippen MR) is 63.8 cm³/mol. The van der Waals surface area contributed by atoms with Crippen molar-refractivity contribution in [3.05, 3.63) is 59.2 Å². The molecule has 0 aliphatic heterocycles. The van der Waals surface area contributed by atoms with Crippen molar-refractivity contribution in [2.75, 3.05) is 0 Å². The van der Waals surface area contributed by atoms with Gasteiger partial charge in [-0.15, -0.1) is 0 Å². The minimum absolute atomic E-state index is 0.0105. The molecule has 2 aromatic carbocycles. The quantitative estimate of drug-likeness (QED) is 0.837. The van der Waals surface area contributed by atoms with Gasteiger partial charge in [0.2, 0.25) is 0 Å².